The molecule has 2 aliphatic heterocycles. The van der Waals surface area contributed by atoms with Crippen molar-refractivity contribution in [1.82, 2.24) is 9.80 Å². The summed E-state index contributed by atoms with van der Waals surface area (Å²) >= 11 is 0. The maximum Gasteiger partial charge on any atom is 0.254 e. The first-order valence-electron chi connectivity index (χ1n) is 11.2. The molecular formula is C25H29FN2O5. The van der Waals surface area contributed by atoms with Crippen LogP contribution in [0.2, 0.25) is 0 Å². The second-order valence-electron chi connectivity index (χ2n) is 8.33. The van der Waals surface area contributed by atoms with E-state index >= 15 is 0 Å². The van der Waals surface area contributed by atoms with E-state index in [0.29, 0.717) is 50.7 Å². The number of ether oxygens (including phenoxy) is 3. The summed E-state index contributed by atoms with van der Waals surface area (Å²) in [5.74, 6) is -0.129. The molecule has 2 atom stereocenters. The van der Waals surface area contributed by atoms with E-state index in [2.05, 4.69) is 0 Å². The summed E-state index contributed by atoms with van der Waals surface area (Å²) < 4.78 is 30.5. The SMILES string of the molecule is COc1ccc(C(=O)N2CCO[C@H](CN(C[C@@H]3CCCO3)C(=O)c3cccc(F)c3)C2)cc1. The zero-order valence-electron chi connectivity index (χ0n) is 18.7. The standard InChI is InChI=1S/C25H29FN2O5/c1-31-21-9-7-18(8-10-21)24(29)27-11-13-33-23(16-27)17-28(15-22-6-3-12-32-22)25(30)19-4-2-5-20(26)14-19/h2,4-5,7-10,14,22-23H,3,6,11-13,15-17H2,1H3/t22-,23-/m0/s1. The number of hydrogen-bond acceptors (Lipinski definition) is 5. The number of carbonyl (C=O) groups excluding carboxylic acids is 2. The summed E-state index contributed by atoms with van der Waals surface area (Å²) in [5.41, 5.74) is 0.860. The van der Waals surface area contributed by atoms with Crippen LogP contribution < -0.4 is 4.74 Å². The first-order valence-corrected chi connectivity index (χ1v) is 11.2. The van der Waals surface area contributed by atoms with Crippen molar-refractivity contribution in [2.75, 3.05) is 46.5 Å². The number of halogens is 1. The zero-order chi connectivity index (χ0) is 23.2. The number of carbonyl (C=O) groups is 2. The number of morpholine rings is 1. The van der Waals surface area contributed by atoms with Gasteiger partial charge in [-0.1, -0.05) is 6.07 Å². The van der Waals surface area contributed by atoms with Crippen molar-refractivity contribution >= 4 is 11.8 Å². The van der Waals surface area contributed by atoms with Crippen molar-refractivity contribution in [3.05, 3.63) is 65.5 Å². The van der Waals surface area contributed by atoms with Gasteiger partial charge in [0.25, 0.3) is 11.8 Å². The van der Waals surface area contributed by atoms with Gasteiger partial charge in [0.2, 0.25) is 0 Å². The van der Waals surface area contributed by atoms with Crippen LogP contribution in [-0.4, -0.2) is 80.3 Å². The van der Waals surface area contributed by atoms with Crippen LogP contribution in [0.4, 0.5) is 4.39 Å². The maximum atomic E-state index is 13.7. The van der Waals surface area contributed by atoms with Crippen molar-refractivity contribution in [3.63, 3.8) is 0 Å². The van der Waals surface area contributed by atoms with Crippen LogP contribution in [0.5, 0.6) is 5.75 Å². The quantitative estimate of drug-likeness (QED) is 0.641. The van der Waals surface area contributed by atoms with Crippen molar-refractivity contribution in [2.45, 2.75) is 25.0 Å². The average molecular weight is 457 g/mol. The highest BCUT2D eigenvalue weighted by Crippen LogP contribution is 2.19. The summed E-state index contributed by atoms with van der Waals surface area (Å²) in [6.07, 6.45) is 1.43. The number of methoxy groups -OCH3 is 1. The van der Waals surface area contributed by atoms with Crippen molar-refractivity contribution < 1.29 is 28.2 Å². The molecule has 2 aromatic rings. The van der Waals surface area contributed by atoms with Crippen LogP contribution in [0.25, 0.3) is 0 Å². The van der Waals surface area contributed by atoms with E-state index in [4.69, 9.17) is 14.2 Å². The number of benzene rings is 2. The molecule has 8 heteroatoms. The van der Waals surface area contributed by atoms with Gasteiger partial charge in [-0.05, 0) is 55.3 Å². The minimum absolute atomic E-state index is 0.0527. The van der Waals surface area contributed by atoms with Crippen LogP contribution in [0.15, 0.2) is 48.5 Å². The number of nitrogens with zero attached hydrogens (tertiary/aromatic N) is 2. The first-order chi connectivity index (χ1) is 16.0. The molecule has 2 heterocycles. The Bertz CT molecular complexity index is 962. The molecule has 0 bridgehead atoms. The molecule has 2 aliphatic rings. The monoisotopic (exact) mass is 456 g/mol. The van der Waals surface area contributed by atoms with Crippen molar-refractivity contribution in [3.8, 4) is 5.75 Å². The Balaban J connectivity index is 1.45. The van der Waals surface area contributed by atoms with E-state index in [1.54, 1.807) is 47.2 Å². The highest BCUT2D eigenvalue weighted by molar-refractivity contribution is 5.95. The van der Waals surface area contributed by atoms with Gasteiger partial charge in [0.05, 0.1) is 25.9 Å². The molecular weight excluding hydrogens is 427 g/mol. The fourth-order valence-corrected chi connectivity index (χ4v) is 4.25. The second kappa shape index (κ2) is 10.8. The summed E-state index contributed by atoms with van der Waals surface area (Å²) in [6.45, 7) is 2.60. The van der Waals surface area contributed by atoms with E-state index < -0.39 is 5.82 Å². The third kappa shape index (κ3) is 5.89. The Morgan fingerprint density at radius 1 is 1.06 bits per heavy atom. The average Bonchev–Trinajstić information content (AvgIpc) is 3.36. The normalized spacial score (nSPS) is 20.5. The summed E-state index contributed by atoms with van der Waals surface area (Å²) in [6, 6.07) is 12.7. The minimum Gasteiger partial charge on any atom is -0.497 e. The molecule has 0 N–H and O–H groups in total. The molecule has 7 nitrogen and oxygen atoms in total. The molecule has 176 valence electrons. The lowest BCUT2D eigenvalue weighted by Crippen LogP contribution is -2.51. The molecule has 0 saturated carbocycles. The number of amides is 2. The van der Waals surface area contributed by atoms with E-state index in [-0.39, 0.29) is 29.6 Å². The Morgan fingerprint density at radius 3 is 2.52 bits per heavy atom. The van der Waals surface area contributed by atoms with Crippen molar-refractivity contribution in [1.29, 1.82) is 0 Å². The smallest absolute Gasteiger partial charge is 0.254 e. The molecule has 2 aromatic carbocycles. The van der Waals surface area contributed by atoms with Gasteiger partial charge in [-0.2, -0.15) is 0 Å². The molecule has 0 unspecified atom stereocenters. The predicted molar refractivity (Wildman–Crippen MR) is 120 cm³/mol. The highest BCUT2D eigenvalue weighted by atomic mass is 19.1. The Hall–Kier alpha value is -2.97. The van der Waals surface area contributed by atoms with Crippen LogP contribution in [0, 0.1) is 5.82 Å². The number of hydrogen-bond donors (Lipinski definition) is 0. The summed E-state index contributed by atoms with van der Waals surface area (Å²) in [7, 11) is 1.58. The molecule has 0 radical (unpaired) electrons. The van der Waals surface area contributed by atoms with Gasteiger partial charge in [0.1, 0.15) is 11.6 Å². The number of rotatable bonds is 7. The fraction of sp³-hybridized carbons (Fsp3) is 0.440. The molecule has 2 fully saturated rings. The van der Waals surface area contributed by atoms with Crippen LogP contribution in [-0.2, 0) is 9.47 Å². The first kappa shape index (κ1) is 23.2. The van der Waals surface area contributed by atoms with Crippen LogP contribution >= 0.6 is 0 Å². The molecule has 0 aliphatic carbocycles. The largest absolute Gasteiger partial charge is 0.497 e. The van der Waals surface area contributed by atoms with Gasteiger partial charge in [-0.15, -0.1) is 0 Å². The topological polar surface area (TPSA) is 68.3 Å². The van der Waals surface area contributed by atoms with Gasteiger partial charge in [-0.25, -0.2) is 4.39 Å². The second-order valence-corrected chi connectivity index (χ2v) is 8.33. The van der Waals surface area contributed by atoms with Gasteiger partial charge >= 0.3 is 0 Å². The van der Waals surface area contributed by atoms with Crippen LogP contribution in [0.1, 0.15) is 33.6 Å². The molecule has 2 amide bonds. The zero-order valence-corrected chi connectivity index (χ0v) is 18.7. The lowest BCUT2D eigenvalue weighted by Gasteiger charge is -2.36. The van der Waals surface area contributed by atoms with Gasteiger partial charge in [0, 0.05) is 43.9 Å². The third-order valence-corrected chi connectivity index (χ3v) is 5.99. The highest BCUT2D eigenvalue weighted by Gasteiger charge is 2.30. The summed E-state index contributed by atoms with van der Waals surface area (Å²) in [4.78, 5) is 29.6. The van der Waals surface area contributed by atoms with Gasteiger partial charge < -0.3 is 24.0 Å². The minimum atomic E-state index is -0.455. The maximum absolute atomic E-state index is 13.7. The molecule has 33 heavy (non-hydrogen) atoms. The fourth-order valence-electron chi connectivity index (χ4n) is 4.25. The Morgan fingerprint density at radius 2 is 1.82 bits per heavy atom. The van der Waals surface area contributed by atoms with Crippen LogP contribution in [0.3, 0.4) is 0 Å². The van der Waals surface area contributed by atoms with E-state index in [9.17, 15) is 14.0 Å². The van der Waals surface area contributed by atoms with E-state index in [1.165, 1.54) is 18.2 Å². The predicted octanol–water partition coefficient (Wildman–Crippen LogP) is 3.00. The van der Waals surface area contributed by atoms with Gasteiger partial charge in [0.15, 0.2) is 0 Å². The lowest BCUT2D eigenvalue weighted by atomic mass is 10.1. The molecule has 0 aromatic heterocycles. The van der Waals surface area contributed by atoms with E-state index in [0.717, 1.165) is 12.8 Å². The Labute approximate surface area is 193 Å². The van der Waals surface area contributed by atoms with Crippen molar-refractivity contribution in [2.24, 2.45) is 0 Å². The van der Waals surface area contributed by atoms with Gasteiger partial charge in [-0.3, -0.25) is 9.59 Å². The molecule has 2 saturated heterocycles. The van der Waals surface area contributed by atoms with E-state index in [1.807, 2.05) is 0 Å². The third-order valence-electron chi connectivity index (χ3n) is 5.99. The Kier molecular flexibility index (Phi) is 7.57. The lowest BCUT2D eigenvalue weighted by molar-refractivity contribution is -0.0375. The molecule has 0 spiro atoms. The molecule has 4 rings (SSSR count). The summed E-state index contributed by atoms with van der Waals surface area (Å²) in [5, 5.41) is 0.